The highest BCUT2D eigenvalue weighted by atomic mass is 32.1. The molecule has 0 bridgehead atoms. The van der Waals surface area contributed by atoms with Crippen molar-refractivity contribution in [3.05, 3.63) is 334 Å². The summed E-state index contributed by atoms with van der Waals surface area (Å²) in [4.78, 5) is 12.6. The Hall–Kier alpha value is -12.1. The second-order valence-corrected chi connectivity index (χ2v) is 29.8. The summed E-state index contributed by atoms with van der Waals surface area (Å²) in [5, 5.41) is 7.44. The molecule has 22 rings (SSSR count). The van der Waals surface area contributed by atoms with Gasteiger partial charge in [0.2, 0.25) is 0 Å². The smallest absolute Gasteiger partial charge is 0.256 e. The van der Waals surface area contributed by atoms with Crippen molar-refractivity contribution in [3.63, 3.8) is 0 Å². The average Bonchev–Trinajstić information content (AvgIpc) is 1.27. The molecule has 11 heteroatoms. The maximum atomic E-state index is 8.02. The Bertz CT molecular complexity index is 6460. The van der Waals surface area contributed by atoms with E-state index in [2.05, 4.69) is 358 Å². The van der Waals surface area contributed by atoms with E-state index in [0.29, 0.717) is 0 Å². The summed E-state index contributed by atoms with van der Waals surface area (Å²) in [6, 6.07) is 124. The summed E-state index contributed by atoms with van der Waals surface area (Å²) >= 11 is 5.56. The number of ether oxygens (including phenoxy) is 1. The Balaban J connectivity index is 0.827. The van der Waals surface area contributed by atoms with Crippen molar-refractivity contribution in [1.82, 2.24) is 0 Å². The highest BCUT2D eigenvalue weighted by molar-refractivity contribution is 7.26. The fourth-order valence-corrected chi connectivity index (χ4v) is 20.6. The molecule has 4 aliphatic heterocycles. The highest BCUT2D eigenvalue weighted by Crippen LogP contribution is 2.55. The molecule has 4 aliphatic rings. The van der Waals surface area contributed by atoms with Crippen LogP contribution < -0.4 is 62.0 Å². The maximum absolute atomic E-state index is 8.02. The predicted octanol–water partition coefficient (Wildman–Crippen LogP) is 22.2. The SMILES string of the molecule is c1ccc(N2c3ccccc3B3c4cc5c(cc4N(c4ccccc4)c4cc(N(c6ccccc6)c6cccc7sc8ccccc8c67)cc2c43)Oc2cc(N(c3ccccc3)c3cccc4sc6ccccc6c34)cc3c2B5c2ccccc2N3c2cccc3sc4ccccc4c23)cc1. The molecular formula is C90H55B2N5OS3. The van der Waals surface area contributed by atoms with E-state index in [9.17, 15) is 0 Å². The minimum Gasteiger partial charge on any atom is -0.458 e. The van der Waals surface area contributed by atoms with Gasteiger partial charge in [0.1, 0.15) is 11.5 Å². The second kappa shape index (κ2) is 22.2. The number of nitrogens with zero attached hydrogens (tertiary/aromatic N) is 5. The van der Waals surface area contributed by atoms with Gasteiger partial charge < -0.3 is 29.2 Å². The van der Waals surface area contributed by atoms with Gasteiger partial charge in [0, 0.05) is 130 Å². The Morgan fingerprint density at radius 2 is 0.644 bits per heavy atom. The Morgan fingerprint density at radius 1 is 0.248 bits per heavy atom. The van der Waals surface area contributed by atoms with Gasteiger partial charge in [-0.2, -0.15) is 0 Å². The van der Waals surface area contributed by atoms with Crippen molar-refractivity contribution in [2.75, 3.05) is 24.5 Å². The number of thiophene rings is 3. The van der Waals surface area contributed by atoms with Gasteiger partial charge in [0.25, 0.3) is 13.4 Å². The normalized spacial score (nSPS) is 13.1. The fraction of sp³-hybridized carbons (Fsp3) is 0. The lowest BCUT2D eigenvalue weighted by atomic mass is 9.30. The third-order valence-corrected chi connectivity index (χ3v) is 24.6. The monoisotopic (exact) mass is 1340 g/mol. The van der Waals surface area contributed by atoms with Gasteiger partial charge in [-0.15, -0.1) is 34.0 Å². The largest absolute Gasteiger partial charge is 0.458 e. The summed E-state index contributed by atoms with van der Waals surface area (Å²) in [6.07, 6.45) is 0. The topological polar surface area (TPSA) is 25.4 Å². The molecule has 0 unspecified atom stereocenters. The molecule has 0 aliphatic carbocycles. The maximum Gasteiger partial charge on any atom is 0.256 e. The zero-order chi connectivity index (χ0) is 66.0. The molecular weight excluding hydrogens is 1280 g/mol. The molecule has 0 spiro atoms. The number of anilines is 15. The van der Waals surface area contributed by atoms with Crippen LogP contribution in [0, 0.1) is 0 Å². The molecule has 18 aromatic rings. The first kappa shape index (κ1) is 56.9. The number of benzene rings is 15. The van der Waals surface area contributed by atoms with Crippen LogP contribution in [-0.2, 0) is 0 Å². The molecule has 0 radical (unpaired) electrons. The van der Waals surface area contributed by atoms with Crippen molar-refractivity contribution >= 4 is 226 Å². The standard InChI is InChI=1S/C90H55B2N5OS3/c1-5-26-56(27-6-1)93(71-41-23-47-83-86(71)62-34-13-20-44-80(62)99-83)60-50-75-89-76(51-60)96(59-32-11-4-12-33-59)74-55-78-68(54-67(74)91(89)65-37-16-18-39-69(65)95(75)58-30-9-3-10-31-58)92-66-38-17-19-40-70(66)97(73-43-25-49-85-88(73)64-36-15-22-46-82(64)101-85)77-52-61(53-79(98-78)90(77)92)94(57-28-7-2-8-29-57)72-42-24-48-84-87(72)63-35-14-21-45-81(63)100-84/h1-55H. The molecule has 0 atom stereocenters. The molecule has 0 fully saturated rings. The minimum absolute atomic E-state index is 0.196. The van der Waals surface area contributed by atoms with E-state index < -0.39 is 0 Å². The van der Waals surface area contributed by atoms with Crippen LogP contribution in [0.15, 0.2) is 334 Å². The molecule has 0 saturated carbocycles. The number of fused-ring (bicyclic) bond motifs is 17. The third kappa shape index (κ3) is 8.46. The summed E-state index contributed by atoms with van der Waals surface area (Å²) in [5.41, 5.74) is 23.5. The van der Waals surface area contributed by atoms with Crippen molar-refractivity contribution in [2.24, 2.45) is 0 Å². The molecule has 3 aromatic heterocycles. The quantitative estimate of drug-likeness (QED) is 0.134. The Kier molecular flexibility index (Phi) is 12.5. The minimum atomic E-state index is -0.230. The second-order valence-electron chi connectivity index (χ2n) is 26.6. The molecule has 0 N–H and O–H groups in total. The van der Waals surface area contributed by atoms with Gasteiger partial charge in [-0.05, 0) is 166 Å². The lowest BCUT2D eigenvalue weighted by Gasteiger charge is -2.46. The van der Waals surface area contributed by atoms with Crippen LogP contribution in [-0.4, -0.2) is 13.4 Å². The summed E-state index contributed by atoms with van der Waals surface area (Å²) in [6.45, 7) is -0.426. The van der Waals surface area contributed by atoms with Gasteiger partial charge in [0.15, 0.2) is 0 Å². The Morgan fingerprint density at radius 3 is 1.19 bits per heavy atom. The van der Waals surface area contributed by atoms with Gasteiger partial charge in [0.05, 0.1) is 28.4 Å². The van der Waals surface area contributed by atoms with Gasteiger partial charge in [-0.3, -0.25) is 0 Å². The van der Waals surface area contributed by atoms with Crippen molar-refractivity contribution < 1.29 is 4.74 Å². The van der Waals surface area contributed by atoms with Gasteiger partial charge in [-0.25, -0.2) is 0 Å². The number of para-hydroxylation sites is 6. The van der Waals surface area contributed by atoms with Crippen molar-refractivity contribution in [1.29, 1.82) is 0 Å². The van der Waals surface area contributed by atoms with Crippen molar-refractivity contribution in [2.45, 2.75) is 0 Å². The van der Waals surface area contributed by atoms with Gasteiger partial charge >= 0.3 is 0 Å². The first-order valence-electron chi connectivity index (χ1n) is 34.4. The molecule has 0 saturated heterocycles. The molecule has 101 heavy (non-hydrogen) atoms. The van der Waals surface area contributed by atoms with Crippen LogP contribution in [0.5, 0.6) is 11.5 Å². The molecule has 15 aromatic carbocycles. The number of hydrogen-bond acceptors (Lipinski definition) is 9. The van der Waals surface area contributed by atoms with Crippen LogP contribution >= 0.6 is 34.0 Å². The van der Waals surface area contributed by atoms with E-state index in [4.69, 9.17) is 4.74 Å². The van der Waals surface area contributed by atoms with Crippen molar-refractivity contribution in [3.8, 4) is 11.5 Å². The first-order chi connectivity index (χ1) is 50.1. The van der Waals surface area contributed by atoms with Crippen LogP contribution in [0.4, 0.5) is 85.3 Å². The van der Waals surface area contributed by atoms with E-state index in [0.717, 1.165) is 108 Å². The number of hydrogen-bond donors (Lipinski definition) is 0. The van der Waals surface area contributed by atoms with Crippen LogP contribution in [0.25, 0.3) is 60.5 Å². The zero-order valence-corrected chi connectivity index (χ0v) is 56.7. The fourth-order valence-electron chi connectivity index (χ4n) is 17.2. The first-order valence-corrected chi connectivity index (χ1v) is 36.9. The Labute approximate surface area is 596 Å². The summed E-state index contributed by atoms with van der Waals surface area (Å²) in [5.74, 6) is 1.65. The van der Waals surface area contributed by atoms with E-state index >= 15 is 0 Å². The lowest BCUT2D eigenvalue weighted by Crippen LogP contribution is -2.64. The molecule has 6 nitrogen and oxygen atoms in total. The van der Waals surface area contributed by atoms with Crippen LogP contribution in [0.1, 0.15) is 0 Å². The van der Waals surface area contributed by atoms with E-state index in [-0.39, 0.29) is 13.4 Å². The summed E-state index contributed by atoms with van der Waals surface area (Å²) < 4.78 is 15.5. The molecule has 0 amide bonds. The average molecular weight is 1340 g/mol. The van der Waals surface area contributed by atoms with E-state index in [1.807, 2.05) is 34.0 Å². The predicted molar refractivity (Wildman–Crippen MR) is 434 cm³/mol. The summed E-state index contributed by atoms with van der Waals surface area (Å²) in [7, 11) is 0. The van der Waals surface area contributed by atoms with Gasteiger partial charge in [-0.1, -0.05) is 188 Å². The van der Waals surface area contributed by atoms with E-state index in [1.54, 1.807) is 0 Å². The molecule has 470 valence electrons. The van der Waals surface area contributed by atoms with Crippen LogP contribution in [0.2, 0.25) is 0 Å². The molecule has 7 heterocycles. The number of rotatable bonds is 9. The lowest BCUT2D eigenvalue weighted by molar-refractivity contribution is 0.488. The highest BCUT2D eigenvalue weighted by Gasteiger charge is 2.48. The zero-order valence-electron chi connectivity index (χ0n) is 54.3. The van der Waals surface area contributed by atoms with E-state index in [1.165, 1.54) is 82.4 Å². The third-order valence-electron chi connectivity index (χ3n) is 21.2. The van der Waals surface area contributed by atoms with Crippen LogP contribution in [0.3, 0.4) is 0 Å².